The number of halogens is 1. The van der Waals surface area contributed by atoms with E-state index in [2.05, 4.69) is 21.2 Å². The molecule has 0 aliphatic carbocycles. The second-order valence-corrected chi connectivity index (χ2v) is 6.17. The number of nitrogens with one attached hydrogen (secondary N) is 1. The van der Waals surface area contributed by atoms with Crippen molar-refractivity contribution in [3.63, 3.8) is 0 Å². The number of fused-ring (bicyclic) bond motifs is 1. The van der Waals surface area contributed by atoms with Crippen LogP contribution < -0.4 is 5.32 Å². The maximum atomic E-state index is 12.2. The predicted molar refractivity (Wildman–Crippen MR) is 85.4 cm³/mol. The van der Waals surface area contributed by atoms with Crippen LogP contribution in [-0.2, 0) is 18.0 Å². The number of carbonyl (C=O) groups excluding carboxylic acids is 1. The van der Waals surface area contributed by atoms with Crippen LogP contribution in [0.2, 0.25) is 0 Å². The lowest BCUT2D eigenvalue weighted by molar-refractivity contribution is 0.0954. The summed E-state index contributed by atoms with van der Waals surface area (Å²) in [7, 11) is 0. The molecule has 1 heterocycles. The van der Waals surface area contributed by atoms with Gasteiger partial charge in [0.1, 0.15) is 0 Å². The Hall–Kier alpha value is -1.65. The fourth-order valence-electron chi connectivity index (χ4n) is 2.38. The van der Waals surface area contributed by atoms with Crippen LogP contribution in [0, 0.1) is 0 Å². The van der Waals surface area contributed by atoms with Crippen molar-refractivity contribution in [2.24, 2.45) is 0 Å². The van der Waals surface area contributed by atoms with E-state index in [1.807, 2.05) is 48.5 Å². The lowest BCUT2D eigenvalue weighted by Crippen LogP contribution is -2.26. The van der Waals surface area contributed by atoms with E-state index in [9.17, 15) is 4.79 Å². The molecule has 0 aromatic heterocycles. The van der Waals surface area contributed by atoms with E-state index in [1.165, 1.54) is 5.56 Å². The topological polar surface area (TPSA) is 38.3 Å². The molecule has 108 valence electrons. The molecule has 1 aliphatic heterocycles. The van der Waals surface area contributed by atoms with Crippen LogP contribution >= 0.6 is 15.9 Å². The van der Waals surface area contributed by atoms with Crippen LogP contribution in [0.3, 0.4) is 0 Å². The summed E-state index contributed by atoms with van der Waals surface area (Å²) in [6, 6.07) is 15.8. The second-order valence-electron chi connectivity index (χ2n) is 5.06. The molecule has 0 radical (unpaired) electrons. The smallest absolute Gasteiger partial charge is 0.251 e. The number of carbonyl (C=O) groups is 1. The van der Waals surface area contributed by atoms with Crippen molar-refractivity contribution in [2.75, 3.05) is 6.54 Å². The summed E-state index contributed by atoms with van der Waals surface area (Å²) in [5.74, 6) is -0.0509. The van der Waals surface area contributed by atoms with Gasteiger partial charge in [0.25, 0.3) is 5.91 Å². The fraction of sp³-hybridized carbons (Fsp3) is 0.235. The lowest BCUT2D eigenvalue weighted by Gasteiger charge is -2.12. The quantitative estimate of drug-likeness (QED) is 0.860. The molecule has 1 unspecified atom stereocenters. The van der Waals surface area contributed by atoms with Gasteiger partial charge in [-0.05, 0) is 28.8 Å². The summed E-state index contributed by atoms with van der Waals surface area (Å²) in [5.41, 5.74) is 4.13. The van der Waals surface area contributed by atoms with Gasteiger partial charge < -0.3 is 10.1 Å². The van der Waals surface area contributed by atoms with E-state index in [0.717, 1.165) is 11.1 Å². The summed E-state index contributed by atoms with van der Waals surface area (Å²) in [5, 5.41) is 2.96. The predicted octanol–water partition coefficient (Wildman–Crippen LogP) is 3.58. The zero-order valence-electron chi connectivity index (χ0n) is 11.5. The molecule has 0 bridgehead atoms. The molecule has 2 aromatic carbocycles. The Kier molecular flexibility index (Phi) is 4.36. The molecule has 1 aliphatic rings. The van der Waals surface area contributed by atoms with Crippen molar-refractivity contribution in [1.82, 2.24) is 5.32 Å². The lowest BCUT2D eigenvalue weighted by atomic mass is 10.1. The van der Waals surface area contributed by atoms with Crippen LogP contribution in [0.1, 0.15) is 31.9 Å². The zero-order chi connectivity index (χ0) is 14.7. The van der Waals surface area contributed by atoms with E-state index in [4.69, 9.17) is 4.74 Å². The maximum Gasteiger partial charge on any atom is 0.251 e. The van der Waals surface area contributed by atoms with Gasteiger partial charge >= 0.3 is 0 Å². The number of alkyl halides is 1. The van der Waals surface area contributed by atoms with Crippen molar-refractivity contribution in [2.45, 2.75) is 18.0 Å². The number of amides is 1. The van der Waals surface area contributed by atoms with Crippen LogP contribution in [-0.4, -0.2) is 12.5 Å². The van der Waals surface area contributed by atoms with Crippen LogP contribution in [0.5, 0.6) is 0 Å². The molecule has 3 rings (SSSR count). The minimum atomic E-state index is -0.0509. The SMILES string of the molecule is O=C(NCC(Br)c1ccccc1)c1ccc2c(c1)COC2. The molecule has 21 heavy (non-hydrogen) atoms. The Morgan fingerprint density at radius 1 is 1.14 bits per heavy atom. The molecule has 2 aromatic rings. The highest BCUT2D eigenvalue weighted by Gasteiger charge is 2.15. The Morgan fingerprint density at radius 2 is 1.90 bits per heavy atom. The van der Waals surface area contributed by atoms with Gasteiger partial charge in [-0.1, -0.05) is 52.3 Å². The highest BCUT2D eigenvalue weighted by Crippen LogP contribution is 2.22. The first-order chi connectivity index (χ1) is 10.2. The van der Waals surface area contributed by atoms with E-state index in [-0.39, 0.29) is 10.7 Å². The average molecular weight is 346 g/mol. The molecule has 1 atom stereocenters. The monoisotopic (exact) mass is 345 g/mol. The van der Waals surface area contributed by atoms with Crippen molar-refractivity contribution >= 4 is 21.8 Å². The maximum absolute atomic E-state index is 12.2. The summed E-state index contributed by atoms with van der Waals surface area (Å²) >= 11 is 3.60. The first-order valence-corrected chi connectivity index (χ1v) is 7.82. The minimum Gasteiger partial charge on any atom is -0.372 e. The second kappa shape index (κ2) is 6.41. The van der Waals surface area contributed by atoms with E-state index >= 15 is 0 Å². The number of rotatable bonds is 4. The number of ether oxygens (including phenoxy) is 1. The Bertz CT molecular complexity index is 642. The third-order valence-electron chi connectivity index (χ3n) is 3.59. The molecule has 0 saturated carbocycles. The third-order valence-corrected chi connectivity index (χ3v) is 4.44. The Morgan fingerprint density at radius 3 is 2.71 bits per heavy atom. The van der Waals surface area contributed by atoms with Crippen LogP contribution in [0.15, 0.2) is 48.5 Å². The first kappa shape index (κ1) is 14.3. The summed E-state index contributed by atoms with van der Waals surface area (Å²) in [6.45, 7) is 1.80. The van der Waals surface area contributed by atoms with Gasteiger partial charge in [-0.2, -0.15) is 0 Å². The molecule has 1 N–H and O–H groups in total. The van der Waals surface area contributed by atoms with E-state index in [1.54, 1.807) is 0 Å². The van der Waals surface area contributed by atoms with Gasteiger partial charge in [0.15, 0.2) is 0 Å². The van der Waals surface area contributed by atoms with Gasteiger partial charge in [0.05, 0.1) is 18.0 Å². The van der Waals surface area contributed by atoms with Crippen molar-refractivity contribution in [3.05, 3.63) is 70.8 Å². The van der Waals surface area contributed by atoms with Crippen LogP contribution in [0.25, 0.3) is 0 Å². The zero-order valence-corrected chi connectivity index (χ0v) is 13.1. The van der Waals surface area contributed by atoms with Crippen molar-refractivity contribution < 1.29 is 9.53 Å². The number of benzene rings is 2. The molecule has 0 fully saturated rings. The van der Waals surface area contributed by atoms with Gasteiger partial charge in [-0.25, -0.2) is 0 Å². The summed E-state index contributed by atoms with van der Waals surface area (Å²) < 4.78 is 5.37. The van der Waals surface area contributed by atoms with Gasteiger partial charge in [0.2, 0.25) is 0 Å². The van der Waals surface area contributed by atoms with E-state index in [0.29, 0.717) is 25.3 Å². The normalized spacial score (nSPS) is 14.5. The summed E-state index contributed by atoms with van der Waals surface area (Å²) in [4.78, 5) is 12.3. The fourth-order valence-corrected chi connectivity index (χ4v) is 2.84. The highest BCUT2D eigenvalue weighted by molar-refractivity contribution is 9.09. The Balaban J connectivity index is 1.62. The highest BCUT2D eigenvalue weighted by atomic mass is 79.9. The molecule has 3 nitrogen and oxygen atoms in total. The molecule has 0 saturated heterocycles. The molecule has 4 heteroatoms. The van der Waals surface area contributed by atoms with Gasteiger partial charge in [0, 0.05) is 12.1 Å². The average Bonchev–Trinajstić information content (AvgIpc) is 3.00. The van der Waals surface area contributed by atoms with Crippen LogP contribution in [0.4, 0.5) is 0 Å². The molecular weight excluding hydrogens is 330 g/mol. The first-order valence-electron chi connectivity index (χ1n) is 6.91. The summed E-state index contributed by atoms with van der Waals surface area (Å²) in [6.07, 6.45) is 0. The largest absolute Gasteiger partial charge is 0.372 e. The van der Waals surface area contributed by atoms with Gasteiger partial charge in [-0.15, -0.1) is 0 Å². The van der Waals surface area contributed by atoms with Gasteiger partial charge in [-0.3, -0.25) is 4.79 Å². The molecule has 0 spiro atoms. The number of hydrogen-bond acceptors (Lipinski definition) is 2. The minimum absolute atomic E-state index is 0.0509. The third kappa shape index (κ3) is 3.34. The van der Waals surface area contributed by atoms with E-state index < -0.39 is 0 Å². The molecular formula is C17H16BrNO2. The standard InChI is InChI=1S/C17H16BrNO2/c18-16(12-4-2-1-3-5-12)9-19-17(20)13-6-7-14-10-21-11-15(14)8-13/h1-8,16H,9-11H2,(H,19,20). The number of hydrogen-bond donors (Lipinski definition) is 1. The van der Waals surface area contributed by atoms with Crippen molar-refractivity contribution in [3.8, 4) is 0 Å². The Labute approximate surface area is 132 Å². The van der Waals surface area contributed by atoms with Crippen molar-refractivity contribution in [1.29, 1.82) is 0 Å². The molecule has 1 amide bonds.